The van der Waals surface area contributed by atoms with Crippen LogP contribution in [0.5, 0.6) is 0 Å². The summed E-state index contributed by atoms with van der Waals surface area (Å²) in [5.74, 6) is 8.08. The number of nitrogens with zero attached hydrogens (tertiary/aromatic N) is 2. The summed E-state index contributed by atoms with van der Waals surface area (Å²) in [6.07, 6.45) is 0. The summed E-state index contributed by atoms with van der Waals surface area (Å²) in [7, 11) is 1.50. The molecule has 0 unspecified atom stereocenters. The molecule has 0 spiro atoms. The molecule has 0 saturated carbocycles. The van der Waals surface area contributed by atoms with Gasteiger partial charge in [-0.25, -0.2) is 5.97 Å². The molecule has 15 heavy (non-hydrogen) atoms. The van der Waals surface area contributed by atoms with E-state index in [2.05, 4.69) is 11.8 Å². The quantitative estimate of drug-likeness (QED) is 0.539. The molecule has 0 saturated heterocycles. The number of hydrogen-bond acceptors (Lipinski definition) is 2. The van der Waals surface area contributed by atoms with Crippen LogP contribution >= 0.6 is 0 Å². The van der Waals surface area contributed by atoms with Crippen LogP contribution in [-0.2, 0) is 0 Å². The van der Waals surface area contributed by atoms with E-state index < -0.39 is 0 Å². The molecule has 74 valence electrons. The molecule has 1 aromatic carbocycles. The van der Waals surface area contributed by atoms with Crippen molar-refractivity contribution in [1.29, 1.82) is 5.26 Å². The topological polar surface area (TPSA) is 27.0 Å². The molecule has 0 aliphatic heterocycles. The van der Waals surface area contributed by atoms with Crippen LogP contribution in [0.15, 0.2) is 30.3 Å². The minimum Gasteiger partial charge on any atom is -0.515 e. The Labute approximate surface area is 91.8 Å². The summed E-state index contributed by atoms with van der Waals surface area (Å²) in [4.78, 5) is 1.87. The molecule has 2 nitrogen and oxygen atoms in total. The van der Waals surface area contributed by atoms with Crippen molar-refractivity contribution in [1.82, 2.24) is 4.81 Å². The van der Waals surface area contributed by atoms with Crippen molar-refractivity contribution in [3.63, 3.8) is 0 Å². The second kappa shape index (κ2) is 6.70. The van der Waals surface area contributed by atoms with Gasteiger partial charge >= 0.3 is 0 Å². The minimum atomic E-state index is 0.596. The molecule has 0 atom stereocenters. The second-order valence-electron chi connectivity index (χ2n) is 2.99. The third-order valence-corrected chi connectivity index (χ3v) is 1.94. The Balaban J connectivity index is 2.49. The van der Waals surface area contributed by atoms with E-state index in [0.29, 0.717) is 6.54 Å². The van der Waals surface area contributed by atoms with Crippen molar-refractivity contribution in [3.05, 3.63) is 35.9 Å². The molecule has 0 aliphatic carbocycles. The van der Waals surface area contributed by atoms with Gasteiger partial charge in [-0.1, -0.05) is 37.0 Å². The van der Waals surface area contributed by atoms with Crippen molar-refractivity contribution in [2.45, 2.75) is 6.92 Å². The van der Waals surface area contributed by atoms with Gasteiger partial charge in [0, 0.05) is 12.1 Å². The molecule has 0 aliphatic rings. The first-order chi connectivity index (χ1) is 7.36. The van der Waals surface area contributed by atoms with E-state index in [9.17, 15) is 0 Å². The minimum absolute atomic E-state index is 0.596. The number of hydrogen-bond donors (Lipinski definition) is 0. The maximum absolute atomic E-state index is 8.49. The Kier molecular flexibility index (Phi) is 5.08. The molecule has 0 amide bonds. The Bertz CT molecular complexity index is 384. The predicted octanol–water partition coefficient (Wildman–Crippen LogP) is 1.46. The van der Waals surface area contributed by atoms with E-state index >= 15 is 0 Å². The van der Waals surface area contributed by atoms with Crippen molar-refractivity contribution in [2.24, 2.45) is 0 Å². The van der Waals surface area contributed by atoms with Gasteiger partial charge < -0.3 is 4.81 Å². The van der Waals surface area contributed by atoms with Crippen LogP contribution in [0.25, 0.3) is 0 Å². The van der Waals surface area contributed by atoms with Gasteiger partial charge in [0.1, 0.15) is 0 Å². The van der Waals surface area contributed by atoms with Crippen LogP contribution in [0.3, 0.4) is 0 Å². The highest BCUT2D eigenvalue weighted by Crippen LogP contribution is 1.94. The zero-order chi connectivity index (χ0) is 10.9. The molecule has 0 fully saturated rings. The van der Waals surface area contributed by atoms with Crippen LogP contribution in [0.4, 0.5) is 0 Å². The first kappa shape index (κ1) is 11.4. The molecule has 3 heteroatoms. The summed E-state index contributed by atoms with van der Waals surface area (Å²) in [5.41, 5.74) is 1.01. The van der Waals surface area contributed by atoms with E-state index in [1.165, 1.54) is 7.41 Å². The lowest BCUT2D eigenvalue weighted by Crippen LogP contribution is -2.26. The van der Waals surface area contributed by atoms with E-state index in [1.54, 1.807) is 0 Å². The van der Waals surface area contributed by atoms with Crippen molar-refractivity contribution in [3.8, 4) is 17.8 Å². The van der Waals surface area contributed by atoms with E-state index in [4.69, 9.17) is 5.26 Å². The van der Waals surface area contributed by atoms with Crippen molar-refractivity contribution < 1.29 is 0 Å². The summed E-state index contributed by atoms with van der Waals surface area (Å²) in [6.45, 7) is 3.40. The monoisotopic (exact) mass is 195 g/mol. The highest BCUT2D eigenvalue weighted by atomic mass is 15.0. The van der Waals surface area contributed by atoms with E-state index in [-0.39, 0.29) is 0 Å². The van der Waals surface area contributed by atoms with E-state index in [1.807, 2.05) is 48.0 Å². The zero-order valence-corrected chi connectivity index (χ0v) is 8.77. The first-order valence-corrected chi connectivity index (χ1v) is 4.87. The number of benzene rings is 1. The Morgan fingerprint density at radius 1 is 1.33 bits per heavy atom. The van der Waals surface area contributed by atoms with Gasteiger partial charge in [-0.2, -0.15) is 0 Å². The first-order valence-electron chi connectivity index (χ1n) is 4.87. The normalized spacial score (nSPS) is 9.13. The van der Waals surface area contributed by atoms with Gasteiger partial charge in [-0.05, 0) is 18.7 Å². The SMILES string of the molecule is CCN([B-]C#N)CC#Cc1ccccc1. The molecule has 1 rings (SSSR count). The standard InChI is InChI=1S/C12H12BN2/c1-2-15(13-11-14)10-6-9-12-7-4-3-5-8-12/h3-5,7-8H,2,10H2,1H3/q-1. The lowest BCUT2D eigenvalue weighted by Gasteiger charge is -2.26. The smallest absolute Gasteiger partial charge is 0.0245 e. The summed E-state index contributed by atoms with van der Waals surface area (Å²) < 4.78 is 0. The molecule has 1 aromatic rings. The Morgan fingerprint density at radius 2 is 2.07 bits per heavy atom. The molecule has 2 radical (unpaired) electrons. The fraction of sp³-hybridized carbons (Fsp3) is 0.250. The number of rotatable bonds is 3. The Morgan fingerprint density at radius 3 is 2.67 bits per heavy atom. The maximum Gasteiger partial charge on any atom is 0.0245 e. The zero-order valence-electron chi connectivity index (χ0n) is 8.77. The summed E-state index contributed by atoms with van der Waals surface area (Å²) >= 11 is 0. The van der Waals surface area contributed by atoms with Gasteiger partial charge in [0.15, 0.2) is 0 Å². The third-order valence-electron chi connectivity index (χ3n) is 1.94. The van der Waals surface area contributed by atoms with Crippen molar-refractivity contribution >= 4 is 7.41 Å². The molecular formula is C12H12BN2-. The van der Waals surface area contributed by atoms with Crippen LogP contribution in [-0.4, -0.2) is 25.3 Å². The summed E-state index contributed by atoms with van der Waals surface area (Å²) in [5, 5.41) is 8.49. The molecule has 0 N–H and O–H groups in total. The fourth-order valence-electron chi connectivity index (χ4n) is 1.10. The molecule has 0 bridgehead atoms. The van der Waals surface area contributed by atoms with Crippen LogP contribution < -0.4 is 0 Å². The van der Waals surface area contributed by atoms with Crippen molar-refractivity contribution in [2.75, 3.05) is 13.1 Å². The predicted molar refractivity (Wildman–Crippen MR) is 61.9 cm³/mol. The highest BCUT2D eigenvalue weighted by molar-refractivity contribution is 6.41. The Hall–Kier alpha value is -1.71. The van der Waals surface area contributed by atoms with Crippen LogP contribution in [0, 0.1) is 23.1 Å². The van der Waals surface area contributed by atoms with Crippen LogP contribution in [0.2, 0.25) is 0 Å². The van der Waals surface area contributed by atoms with Gasteiger partial charge in [-0.3, -0.25) is 5.26 Å². The highest BCUT2D eigenvalue weighted by Gasteiger charge is 1.85. The fourth-order valence-corrected chi connectivity index (χ4v) is 1.10. The summed E-state index contributed by atoms with van der Waals surface area (Å²) in [6, 6.07) is 9.83. The number of nitriles is 1. The van der Waals surface area contributed by atoms with Gasteiger partial charge in [0.25, 0.3) is 0 Å². The van der Waals surface area contributed by atoms with Gasteiger partial charge in [-0.15, -0.1) is 7.41 Å². The molecular weight excluding hydrogens is 183 g/mol. The molecule has 0 heterocycles. The van der Waals surface area contributed by atoms with Gasteiger partial charge in [0.05, 0.1) is 0 Å². The third kappa shape index (κ3) is 4.36. The van der Waals surface area contributed by atoms with Crippen LogP contribution in [0.1, 0.15) is 12.5 Å². The maximum atomic E-state index is 8.49. The van der Waals surface area contributed by atoms with E-state index in [0.717, 1.165) is 12.1 Å². The van der Waals surface area contributed by atoms with Gasteiger partial charge in [0.2, 0.25) is 0 Å². The lowest BCUT2D eigenvalue weighted by atomic mass is 9.95. The largest absolute Gasteiger partial charge is 0.515 e. The lowest BCUT2D eigenvalue weighted by molar-refractivity contribution is 0.531. The second-order valence-corrected chi connectivity index (χ2v) is 2.99. The average molecular weight is 195 g/mol. The molecule has 0 aromatic heterocycles. The average Bonchev–Trinajstić information content (AvgIpc) is 2.29.